The molecular formula is C16H19FN4O2. The average Bonchev–Trinajstić information content (AvgIpc) is 3.06. The lowest BCUT2D eigenvalue weighted by atomic mass is 9.98. The molecule has 0 fully saturated rings. The normalized spacial score (nSPS) is 13.3. The highest BCUT2D eigenvalue weighted by Crippen LogP contribution is 2.10. The van der Waals surface area contributed by atoms with E-state index < -0.39 is 17.9 Å². The lowest BCUT2D eigenvalue weighted by molar-refractivity contribution is -0.125. The van der Waals surface area contributed by atoms with Gasteiger partial charge in [0.25, 0.3) is 0 Å². The summed E-state index contributed by atoms with van der Waals surface area (Å²) in [4.78, 5) is 23.7. The first-order valence-corrected chi connectivity index (χ1v) is 7.28. The standard InChI is InChI=1S/C16H19FN4O2/c1-11(21-8-2-7-20-21)16(23)19-10-13(15(18)22)9-12-3-5-14(17)6-4-12/h2-8,11,13H,9-10H2,1H3,(H2,18,22)(H,19,23)/t11-,13+/m0/s1. The molecule has 0 spiro atoms. The molecule has 1 aromatic heterocycles. The van der Waals surface area contributed by atoms with Crippen LogP contribution in [-0.2, 0) is 16.0 Å². The lowest BCUT2D eigenvalue weighted by Crippen LogP contribution is -2.39. The number of halogens is 1. The summed E-state index contributed by atoms with van der Waals surface area (Å²) in [6.07, 6.45) is 3.62. The van der Waals surface area contributed by atoms with E-state index in [0.29, 0.717) is 6.42 Å². The van der Waals surface area contributed by atoms with E-state index in [1.807, 2.05) is 0 Å². The third-order valence-corrected chi connectivity index (χ3v) is 3.62. The summed E-state index contributed by atoms with van der Waals surface area (Å²) in [5, 5.41) is 6.71. The molecule has 6 nitrogen and oxygen atoms in total. The van der Waals surface area contributed by atoms with Crippen molar-refractivity contribution in [2.24, 2.45) is 11.7 Å². The van der Waals surface area contributed by atoms with Crippen LogP contribution in [-0.4, -0.2) is 28.1 Å². The van der Waals surface area contributed by atoms with E-state index >= 15 is 0 Å². The van der Waals surface area contributed by atoms with Crippen LogP contribution < -0.4 is 11.1 Å². The fourth-order valence-corrected chi connectivity index (χ4v) is 2.18. The first-order chi connectivity index (χ1) is 11.0. The molecule has 2 rings (SSSR count). The Morgan fingerprint density at radius 3 is 2.61 bits per heavy atom. The van der Waals surface area contributed by atoms with Gasteiger partial charge in [0, 0.05) is 18.9 Å². The van der Waals surface area contributed by atoms with Crippen LogP contribution in [0, 0.1) is 11.7 Å². The number of aromatic nitrogens is 2. The Balaban J connectivity index is 1.93. The molecule has 0 aliphatic rings. The van der Waals surface area contributed by atoms with Gasteiger partial charge in [0.15, 0.2) is 0 Å². The molecule has 0 bridgehead atoms. The van der Waals surface area contributed by atoms with Crippen molar-refractivity contribution in [2.45, 2.75) is 19.4 Å². The van der Waals surface area contributed by atoms with Crippen LogP contribution in [0.3, 0.4) is 0 Å². The van der Waals surface area contributed by atoms with Crippen molar-refractivity contribution in [1.29, 1.82) is 0 Å². The SMILES string of the molecule is C[C@@H](C(=O)NC[C@@H](Cc1ccc(F)cc1)C(N)=O)n1cccn1. The molecule has 0 aliphatic heterocycles. The number of nitrogens with one attached hydrogen (secondary N) is 1. The number of nitrogens with two attached hydrogens (primary N) is 1. The zero-order chi connectivity index (χ0) is 16.8. The van der Waals surface area contributed by atoms with E-state index in [2.05, 4.69) is 10.4 Å². The Morgan fingerprint density at radius 2 is 2.04 bits per heavy atom. The molecule has 0 saturated heterocycles. The van der Waals surface area contributed by atoms with Crippen LogP contribution in [0.1, 0.15) is 18.5 Å². The van der Waals surface area contributed by atoms with Gasteiger partial charge in [-0.1, -0.05) is 12.1 Å². The van der Waals surface area contributed by atoms with Crippen LogP contribution in [0.5, 0.6) is 0 Å². The van der Waals surface area contributed by atoms with Crippen molar-refractivity contribution in [3.63, 3.8) is 0 Å². The predicted molar refractivity (Wildman–Crippen MR) is 82.7 cm³/mol. The van der Waals surface area contributed by atoms with Gasteiger partial charge < -0.3 is 11.1 Å². The molecule has 2 atom stereocenters. The summed E-state index contributed by atoms with van der Waals surface area (Å²) in [6.45, 7) is 1.83. The molecule has 0 radical (unpaired) electrons. The van der Waals surface area contributed by atoms with Gasteiger partial charge in [-0.15, -0.1) is 0 Å². The highest BCUT2D eigenvalue weighted by molar-refractivity contribution is 5.81. The summed E-state index contributed by atoms with van der Waals surface area (Å²) in [5.41, 5.74) is 6.17. The Labute approximate surface area is 133 Å². The molecule has 0 aliphatic carbocycles. The number of benzene rings is 1. The molecule has 23 heavy (non-hydrogen) atoms. The third-order valence-electron chi connectivity index (χ3n) is 3.62. The summed E-state index contributed by atoms with van der Waals surface area (Å²) in [6, 6.07) is 7.09. The van der Waals surface area contributed by atoms with Crippen LogP contribution in [0.25, 0.3) is 0 Å². The second kappa shape index (κ2) is 7.53. The molecule has 0 saturated carbocycles. The minimum Gasteiger partial charge on any atom is -0.369 e. The summed E-state index contributed by atoms with van der Waals surface area (Å²) < 4.78 is 14.4. The minimum atomic E-state index is -0.561. The third kappa shape index (κ3) is 4.64. The zero-order valence-electron chi connectivity index (χ0n) is 12.8. The van der Waals surface area contributed by atoms with Crippen molar-refractivity contribution in [1.82, 2.24) is 15.1 Å². The first kappa shape index (κ1) is 16.7. The van der Waals surface area contributed by atoms with E-state index in [0.717, 1.165) is 5.56 Å². The average molecular weight is 318 g/mol. The van der Waals surface area contributed by atoms with Crippen molar-refractivity contribution in [3.05, 3.63) is 54.1 Å². The molecule has 3 N–H and O–H groups in total. The van der Waals surface area contributed by atoms with Crippen LogP contribution in [0.2, 0.25) is 0 Å². The fraction of sp³-hybridized carbons (Fsp3) is 0.312. The molecule has 7 heteroatoms. The molecule has 1 aromatic carbocycles. The van der Waals surface area contributed by atoms with Gasteiger partial charge in [0.05, 0.1) is 5.92 Å². The maximum atomic E-state index is 12.9. The Morgan fingerprint density at radius 1 is 1.35 bits per heavy atom. The number of amides is 2. The van der Waals surface area contributed by atoms with Gasteiger partial charge in [-0.3, -0.25) is 14.3 Å². The number of carbonyl (C=O) groups is 2. The first-order valence-electron chi connectivity index (χ1n) is 7.28. The summed E-state index contributed by atoms with van der Waals surface area (Å²) in [7, 11) is 0. The monoisotopic (exact) mass is 318 g/mol. The molecular weight excluding hydrogens is 299 g/mol. The van der Waals surface area contributed by atoms with Crippen molar-refractivity contribution >= 4 is 11.8 Å². The number of hydrogen-bond acceptors (Lipinski definition) is 3. The Hall–Kier alpha value is -2.70. The number of hydrogen-bond donors (Lipinski definition) is 2. The minimum absolute atomic E-state index is 0.122. The Bertz CT molecular complexity index is 655. The molecule has 1 heterocycles. The van der Waals surface area contributed by atoms with E-state index in [1.54, 1.807) is 37.5 Å². The molecule has 2 aromatic rings. The Kier molecular flexibility index (Phi) is 5.46. The van der Waals surface area contributed by atoms with Gasteiger partial charge >= 0.3 is 0 Å². The van der Waals surface area contributed by atoms with Gasteiger partial charge in [-0.25, -0.2) is 4.39 Å². The molecule has 0 unspecified atom stereocenters. The van der Waals surface area contributed by atoms with Gasteiger partial charge in [0.2, 0.25) is 11.8 Å². The largest absolute Gasteiger partial charge is 0.369 e. The lowest BCUT2D eigenvalue weighted by Gasteiger charge is -2.17. The van der Waals surface area contributed by atoms with Gasteiger partial charge in [0.1, 0.15) is 11.9 Å². The van der Waals surface area contributed by atoms with E-state index in [1.165, 1.54) is 16.8 Å². The number of primary amides is 1. The second-order valence-electron chi connectivity index (χ2n) is 5.34. The highest BCUT2D eigenvalue weighted by atomic mass is 19.1. The van der Waals surface area contributed by atoms with Gasteiger partial charge in [-0.2, -0.15) is 5.10 Å². The topological polar surface area (TPSA) is 90.0 Å². The maximum absolute atomic E-state index is 12.9. The van der Waals surface area contributed by atoms with Crippen molar-refractivity contribution in [3.8, 4) is 0 Å². The second-order valence-corrected chi connectivity index (χ2v) is 5.34. The van der Waals surface area contributed by atoms with Crippen LogP contribution in [0.15, 0.2) is 42.7 Å². The van der Waals surface area contributed by atoms with E-state index in [-0.39, 0.29) is 18.3 Å². The van der Waals surface area contributed by atoms with Crippen molar-refractivity contribution in [2.75, 3.05) is 6.54 Å². The zero-order valence-corrected chi connectivity index (χ0v) is 12.8. The van der Waals surface area contributed by atoms with Gasteiger partial charge in [-0.05, 0) is 37.1 Å². The van der Waals surface area contributed by atoms with Crippen LogP contribution in [0.4, 0.5) is 4.39 Å². The molecule has 2 amide bonds. The summed E-state index contributed by atoms with van der Waals surface area (Å²) in [5.74, 6) is -1.67. The van der Waals surface area contributed by atoms with E-state index in [4.69, 9.17) is 5.73 Å². The number of carbonyl (C=O) groups excluding carboxylic acids is 2. The summed E-state index contributed by atoms with van der Waals surface area (Å²) >= 11 is 0. The molecule has 122 valence electrons. The highest BCUT2D eigenvalue weighted by Gasteiger charge is 2.20. The van der Waals surface area contributed by atoms with Crippen LogP contribution >= 0.6 is 0 Å². The van der Waals surface area contributed by atoms with E-state index in [9.17, 15) is 14.0 Å². The fourth-order valence-electron chi connectivity index (χ4n) is 2.18. The van der Waals surface area contributed by atoms with Crippen molar-refractivity contribution < 1.29 is 14.0 Å². The number of rotatable bonds is 7. The number of nitrogens with zero attached hydrogens (tertiary/aromatic N) is 2. The smallest absolute Gasteiger partial charge is 0.244 e. The predicted octanol–water partition coefficient (Wildman–Crippen LogP) is 1.04. The quantitative estimate of drug-likeness (QED) is 0.799. The maximum Gasteiger partial charge on any atom is 0.244 e.